The first-order valence-corrected chi connectivity index (χ1v) is 6.35. The number of amides is 1. The zero-order valence-electron chi connectivity index (χ0n) is 11.0. The highest BCUT2D eigenvalue weighted by Crippen LogP contribution is 2.60. The highest BCUT2D eigenvalue weighted by Gasteiger charge is 2.82. The summed E-state index contributed by atoms with van der Waals surface area (Å²) in [6.07, 6.45) is -10.9. The van der Waals surface area contributed by atoms with Gasteiger partial charge in [0.1, 0.15) is 0 Å². The molecule has 0 saturated carbocycles. The van der Waals surface area contributed by atoms with Crippen molar-refractivity contribution in [3.8, 4) is 0 Å². The zero-order valence-corrected chi connectivity index (χ0v) is 11.0. The monoisotopic (exact) mass is 317 g/mol. The number of carbonyl (C=O) groups excluding carboxylic acids is 1. The van der Waals surface area contributed by atoms with Gasteiger partial charge in [-0.15, -0.1) is 0 Å². The maximum absolute atomic E-state index is 13.3. The Hall–Kier alpha value is -1.41. The first-order chi connectivity index (χ1) is 9.57. The zero-order chi connectivity index (χ0) is 16.1. The standard InChI is InChI=1S/C12H13F6NO2/c1-2-5-21-9(20)19-8-4-3-7(6-8)10(19,11(13,14)15)12(16,17)18/h3-4,7-8H,2,5-6H2,1H3/t7-,8-/m1/s1. The number of halogens is 6. The molecule has 0 aromatic carbocycles. The predicted octanol–water partition coefficient (Wildman–Crippen LogP) is 3.66. The smallest absolute Gasteiger partial charge is 0.421 e. The fourth-order valence-electron chi connectivity index (χ4n) is 3.01. The largest absolute Gasteiger partial charge is 0.449 e. The van der Waals surface area contributed by atoms with Crippen LogP contribution in [0.1, 0.15) is 19.8 Å². The summed E-state index contributed by atoms with van der Waals surface area (Å²) < 4.78 is 84.3. The molecule has 0 aromatic rings. The van der Waals surface area contributed by atoms with Gasteiger partial charge in [0.2, 0.25) is 5.54 Å². The second-order valence-corrected chi connectivity index (χ2v) is 5.04. The van der Waals surface area contributed by atoms with Crippen molar-refractivity contribution in [3.05, 3.63) is 12.2 Å². The highest BCUT2D eigenvalue weighted by molar-refractivity contribution is 5.71. The lowest BCUT2D eigenvalue weighted by Gasteiger charge is -2.45. The molecule has 2 bridgehead atoms. The summed E-state index contributed by atoms with van der Waals surface area (Å²) in [5, 5.41) is 0. The van der Waals surface area contributed by atoms with Crippen LogP contribution in [0.3, 0.4) is 0 Å². The van der Waals surface area contributed by atoms with Gasteiger partial charge in [-0.25, -0.2) is 4.79 Å². The van der Waals surface area contributed by atoms with Gasteiger partial charge in [-0.3, -0.25) is 4.90 Å². The van der Waals surface area contributed by atoms with E-state index in [4.69, 9.17) is 0 Å². The van der Waals surface area contributed by atoms with E-state index in [1.54, 1.807) is 6.92 Å². The normalized spacial score (nSPS) is 27.3. The molecular formula is C12H13F6NO2. The van der Waals surface area contributed by atoms with E-state index in [1.807, 2.05) is 0 Å². The lowest BCUT2D eigenvalue weighted by Crippen LogP contribution is -2.70. The van der Waals surface area contributed by atoms with E-state index in [-0.39, 0.29) is 11.5 Å². The van der Waals surface area contributed by atoms with Crippen molar-refractivity contribution < 1.29 is 35.9 Å². The minimum atomic E-state index is -5.64. The topological polar surface area (TPSA) is 29.5 Å². The molecule has 3 nitrogen and oxygen atoms in total. The Kier molecular flexibility index (Phi) is 3.66. The van der Waals surface area contributed by atoms with Crippen LogP contribution < -0.4 is 0 Å². The average molecular weight is 317 g/mol. The van der Waals surface area contributed by atoms with Crippen LogP contribution in [0.5, 0.6) is 0 Å². The first kappa shape index (κ1) is 16.0. The summed E-state index contributed by atoms with van der Waals surface area (Å²) in [6.45, 7) is 1.35. The molecule has 1 aliphatic carbocycles. The molecule has 0 radical (unpaired) electrons. The van der Waals surface area contributed by atoms with Crippen molar-refractivity contribution in [2.45, 2.75) is 43.7 Å². The molecule has 120 valence electrons. The Morgan fingerprint density at radius 2 is 1.81 bits per heavy atom. The van der Waals surface area contributed by atoms with Crippen LogP contribution >= 0.6 is 0 Å². The summed E-state index contributed by atoms with van der Waals surface area (Å²) in [7, 11) is 0. The summed E-state index contributed by atoms with van der Waals surface area (Å²) in [5.41, 5.74) is -4.20. The van der Waals surface area contributed by atoms with Crippen molar-refractivity contribution in [2.24, 2.45) is 5.92 Å². The fourth-order valence-corrected chi connectivity index (χ4v) is 3.01. The van der Waals surface area contributed by atoms with Gasteiger partial charge in [0.25, 0.3) is 0 Å². The molecule has 0 unspecified atom stereocenters. The average Bonchev–Trinajstić information content (AvgIpc) is 2.91. The number of rotatable bonds is 2. The van der Waals surface area contributed by atoms with Crippen LogP contribution in [0.25, 0.3) is 0 Å². The minimum Gasteiger partial charge on any atom is -0.449 e. The van der Waals surface area contributed by atoms with Crippen molar-refractivity contribution in [1.29, 1.82) is 0 Å². The number of alkyl halides is 6. The second-order valence-electron chi connectivity index (χ2n) is 5.04. The number of carbonyl (C=O) groups is 1. The lowest BCUT2D eigenvalue weighted by molar-refractivity contribution is -0.337. The Morgan fingerprint density at radius 3 is 2.29 bits per heavy atom. The molecule has 1 heterocycles. The third-order valence-corrected chi connectivity index (χ3v) is 3.80. The Balaban J connectivity index is 2.50. The lowest BCUT2D eigenvalue weighted by atomic mass is 9.83. The van der Waals surface area contributed by atoms with Gasteiger partial charge in [0.15, 0.2) is 0 Å². The maximum Gasteiger partial charge on any atom is 0.421 e. The quantitative estimate of drug-likeness (QED) is 0.575. The molecule has 21 heavy (non-hydrogen) atoms. The Bertz CT molecular complexity index is 442. The van der Waals surface area contributed by atoms with E-state index in [1.165, 1.54) is 6.08 Å². The highest BCUT2D eigenvalue weighted by atomic mass is 19.4. The molecule has 2 rings (SSSR count). The van der Waals surface area contributed by atoms with Crippen LogP contribution in [-0.4, -0.2) is 41.5 Å². The molecule has 0 N–H and O–H groups in total. The number of hydrogen-bond donors (Lipinski definition) is 0. The summed E-state index contributed by atoms with van der Waals surface area (Å²) in [4.78, 5) is 11.6. The fraction of sp³-hybridized carbons (Fsp3) is 0.750. The minimum absolute atomic E-state index is 0.187. The van der Waals surface area contributed by atoms with E-state index in [0.717, 1.165) is 6.08 Å². The molecular weight excluding hydrogens is 304 g/mol. The van der Waals surface area contributed by atoms with E-state index in [2.05, 4.69) is 4.74 Å². The van der Waals surface area contributed by atoms with Crippen LogP contribution in [-0.2, 0) is 4.74 Å². The van der Waals surface area contributed by atoms with Gasteiger partial charge >= 0.3 is 18.4 Å². The van der Waals surface area contributed by atoms with E-state index in [9.17, 15) is 31.1 Å². The van der Waals surface area contributed by atoms with E-state index >= 15 is 0 Å². The van der Waals surface area contributed by atoms with E-state index in [0.29, 0.717) is 6.42 Å². The first-order valence-electron chi connectivity index (χ1n) is 6.35. The molecule has 2 aliphatic rings. The number of likely N-dealkylation sites (tertiary alicyclic amines) is 1. The number of fused-ring (bicyclic) bond motifs is 2. The molecule has 1 saturated heterocycles. The van der Waals surface area contributed by atoms with E-state index < -0.39 is 42.4 Å². The summed E-state index contributed by atoms with van der Waals surface area (Å²) in [6, 6.07) is -1.25. The van der Waals surface area contributed by atoms with Crippen molar-refractivity contribution in [1.82, 2.24) is 4.90 Å². The van der Waals surface area contributed by atoms with Crippen LogP contribution in [0.2, 0.25) is 0 Å². The third kappa shape index (κ3) is 2.08. The molecule has 1 aliphatic heterocycles. The van der Waals surface area contributed by atoms with Crippen molar-refractivity contribution in [2.75, 3.05) is 6.61 Å². The Morgan fingerprint density at radius 1 is 1.24 bits per heavy atom. The van der Waals surface area contributed by atoms with Crippen LogP contribution in [0.4, 0.5) is 31.1 Å². The Labute approximate surface area is 116 Å². The molecule has 1 fully saturated rings. The SMILES string of the molecule is CCCOC(=O)N1[C@@H]2C=C[C@H](C2)C1(C(F)(F)F)C(F)(F)F. The number of hydrogen-bond acceptors (Lipinski definition) is 2. The van der Waals surface area contributed by atoms with Crippen molar-refractivity contribution in [3.63, 3.8) is 0 Å². The molecule has 0 spiro atoms. The van der Waals surface area contributed by atoms with Gasteiger partial charge in [0.05, 0.1) is 12.6 Å². The van der Waals surface area contributed by atoms with Crippen molar-refractivity contribution >= 4 is 6.09 Å². The second kappa shape index (κ2) is 4.81. The van der Waals surface area contributed by atoms with Crippen LogP contribution in [0, 0.1) is 5.92 Å². The summed E-state index contributed by atoms with van der Waals surface area (Å²) >= 11 is 0. The van der Waals surface area contributed by atoms with Gasteiger partial charge in [-0.05, 0) is 12.8 Å². The molecule has 2 atom stereocenters. The van der Waals surface area contributed by atoms with Gasteiger partial charge in [-0.1, -0.05) is 19.1 Å². The van der Waals surface area contributed by atoms with Gasteiger partial charge in [-0.2, -0.15) is 26.3 Å². The number of ether oxygens (including phenoxy) is 1. The summed E-state index contributed by atoms with van der Waals surface area (Å²) in [5.74, 6) is -1.84. The van der Waals surface area contributed by atoms with Crippen LogP contribution in [0.15, 0.2) is 12.2 Å². The van der Waals surface area contributed by atoms with Gasteiger partial charge in [0, 0.05) is 5.92 Å². The number of nitrogens with zero attached hydrogens (tertiary/aromatic N) is 1. The maximum atomic E-state index is 13.3. The third-order valence-electron chi connectivity index (χ3n) is 3.80. The van der Waals surface area contributed by atoms with Gasteiger partial charge < -0.3 is 4.74 Å². The molecule has 0 aromatic heterocycles. The molecule has 1 amide bonds. The molecule has 9 heteroatoms. The predicted molar refractivity (Wildman–Crippen MR) is 59.4 cm³/mol.